The quantitative estimate of drug-likeness (QED) is 0.581. The van der Waals surface area contributed by atoms with E-state index in [9.17, 15) is 9.59 Å². The van der Waals surface area contributed by atoms with Gasteiger partial charge in [0, 0.05) is 29.6 Å². The van der Waals surface area contributed by atoms with Crippen molar-refractivity contribution in [2.75, 3.05) is 0 Å². The minimum absolute atomic E-state index is 0.0420. The van der Waals surface area contributed by atoms with Crippen molar-refractivity contribution in [1.82, 2.24) is 19.9 Å². The van der Waals surface area contributed by atoms with Gasteiger partial charge in [0.05, 0.1) is 11.4 Å². The maximum absolute atomic E-state index is 12.1. The molecule has 0 aliphatic carbocycles. The molecule has 1 aromatic carbocycles. The Labute approximate surface area is 146 Å². The van der Waals surface area contributed by atoms with Crippen LogP contribution in [0.2, 0.25) is 5.02 Å². The van der Waals surface area contributed by atoms with Crippen molar-refractivity contribution in [2.24, 2.45) is 0 Å². The number of nitrogens with one attached hydrogen (secondary N) is 2. The van der Waals surface area contributed by atoms with Crippen LogP contribution < -0.4 is 11.0 Å². The van der Waals surface area contributed by atoms with Crippen LogP contribution in [0.4, 0.5) is 0 Å². The van der Waals surface area contributed by atoms with E-state index in [1.54, 1.807) is 0 Å². The standard InChI is InChI=1S/C18H11ClN4O2/c19-12-8-11(9-21-18(12)25)15-14(10-4-2-1-3-5-10)23-17-16(22-15)13(24)6-7-20-17/h1-9H,(H,21,25)(H,20,23,24). The lowest BCUT2D eigenvalue weighted by molar-refractivity contribution is 1.19. The molecular weight excluding hydrogens is 340 g/mol. The number of H-pyrrole nitrogens is 2. The van der Waals surface area contributed by atoms with Gasteiger partial charge in [-0.05, 0) is 6.07 Å². The predicted molar refractivity (Wildman–Crippen MR) is 96.7 cm³/mol. The fourth-order valence-corrected chi connectivity index (χ4v) is 2.75. The SMILES string of the molecule is O=c1[nH]cc(-c2nc3c(=O)cc[nH]c3nc2-c2ccccc2)cc1Cl. The van der Waals surface area contributed by atoms with Crippen molar-refractivity contribution in [3.63, 3.8) is 0 Å². The number of hydrogen-bond donors (Lipinski definition) is 2. The zero-order valence-electron chi connectivity index (χ0n) is 12.8. The highest BCUT2D eigenvalue weighted by molar-refractivity contribution is 6.30. The molecule has 6 nitrogen and oxygen atoms in total. The van der Waals surface area contributed by atoms with Crippen LogP contribution in [0.3, 0.4) is 0 Å². The fraction of sp³-hybridized carbons (Fsp3) is 0. The number of nitrogens with zero attached hydrogens (tertiary/aromatic N) is 2. The van der Waals surface area contributed by atoms with Crippen molar-refractivity contribution in [3.05, 3.63) is 80.5 Å². The van der Waals surface area contributed by atoms with Gasteiger partial charge in [-0.1, -0.05) is 41.9 Å². The van der Waals surface area contributed by atoms with Gasteiger partial charge < -0.3 is 9.97 Å². The van der Waals surface area contributed by atoms with Crippen molar-refractivity contribution >= 4 is 22.8 Å². The number of fused-ring (bicyclic) bond motifs is 1. The number of pyridine rings is 2. The lowest BCUT2D eigenvalue weighted by atomic mass is 10.1. The normalized spacial score (nSPS) is 10.9. The molecule has 7 heteroatoms. The summed E-state index contributed by atoms with van der Waals surface area (Å²) in [5.74, 6) is 0. The Kier molecular flexibility index (Phi) is 3.66. The Balaban J connectivity index is 2.09. The highest BCUT2D eigenvalue weighted by atomic mass is 35.5. The zero-order valence-corrected chi connectivity index (χ0v) is 13.5. The van der Waals surface area contributed by atoms with E-state index in [0.29, 0.717) is 22.6 Å². The number of benzene rings is 1. The fourth-order valence-electron chi connectivity index (χ4n) is 2.57. The summed E-state index contributed by atoms with van der Waals surface area (Å²) in [5.41, 5.74) is 2.44. The molecule has 0 aliphatic rings. The minimum Gasteiger partial charge on any atom is -0.345 e. The van der Waals surface area contributed by atoms with E-state index in [1.165, 1.54) is 24.5 Å². The van der Waals surface area contributed by atoms with E-state index in [-0.39, 0.29) is 16.0 Å². The van der Waals surface area contributed by atoms with E-state index in [2.05, 4.69) is 19.9 Å². The van der Waals surface area contributed by atoms with Crippen LogP contribution in [0.1, 0.15) is 0 Å². The number of halogens is 1. The highest BCUT2D eigenvalue weighted by Crippen LogP contribution is 2.29. The summed E-state index contributed by atoms with van der Waals surface area (Å²) in [6.07, 6.45) is 3.04. The first-order chi connectivity index (χ1) is 12.1. The maximum atomic E-state index is 12.1. The molecule has 4 aromatic rings. The van der Waals surface area contributed by atoms with Gasteiger partial charge in [0.1, 0.15) is 5.02 Å². The number of rotatable bonds is 2. The second kappa shape index (κ2) is 5.99. The third-order valence-electron chi connectivity index (χ3n) is 3.76. The molecule has 3 heterocycles. The second-order valence-corrected chi connectivity index (χ2v) is 5.80. The van der Waals surface area contributed by atoms with E-state index in [1.807, 2.05) is 30.3 Å². The van der Waals surface area contributed by atoms with Gasteiger partial charge in [-0.3, -0.25) is 9.59 Å². The van der Waals surface area contributed by atoms with E-state index >= 15 is 0 Å². The molecule has 0 saturated carbocycles. The van der Waals surface area contributed by atoms with Gasteiger partial charge in [-0.25, -0.2) is 9.97 Å². The average molecular weight is 351 g/mol. The first-order valence-corrected chi connectivity index (χ1v) is 7.85. The molecule has 0 saturated heterocycles. The molecule has 0 bridgehead atoms. The third kappa shape index (κ3) is 2.72. The first kappa shape index (κ1) is 15.3. The van der Waals surface area contributed by atoms with Gasteiger partial charge in [-0.15, -0.1) is 0 Å². The summed E-state index contributed by atoms with van der Waals surface area (Å²) in [5, 5.41) is 0.0420. The summed E-state index contributed by atoms with van der Waals surface area (Å²) in [4.78, 5) is 38.3. The molecule has 0 unspecified atom stereocenters. The topological polar surface area (TPSA) is 91.5 Å². The Hall–Kier alpha value is -3.25. The van der Waals surface area contributed by atoms with E-state index in [4.69, 9.17) is 11.6 Å². The summed E-state index contributed by atoms with van der Waals surface area (Å²) in [7, 11) is 0. The molecular formula is C18H11ClN4O2. The summed E-state index contributed by atoms with van der Waals surface area (Å²) in [6, 6.07) is 12.4. The second-order valence-electron chi connectivity index (χ2n) is 5.39. The first-order valence-electron chi connectivity index (χ1n) is 7.47. The maximum Gasteiger partial charge on any atom is 0.266 e. The lowest BCUT2D eigenvalue weighted by Crippen LogP contribution is -2.08. The van der Waals surface area contributed by atoms with E-state index < -0.39 is 5.56 Å². The molecule has 0 atom stereocenters. The van der Waals surface area contributed by atoms with Crippen LogP contribution in [0.5, 0.6) is 0 Å². The molecule has 3 aromatic heterocycles. The largest absolute Gasteiger partial charge is 0.345 e. The number of hydrogen-bond acceptors (Lipinski definition) is 4. The Bertz CT molecular complexity index is 1200. The van der Waals surface area contributed by atoms with Crippen LogP contribution in [-0.4, -0.2) is 19.9 Å². The van der Waals surface area contributed by atoms with Crippen LogP contribution in [0, 0.1) is 0 Å². The van der Waals surface area contributed by atoms with Crippen molar-refractivity contribution in [1.29, 1.82) is 0 Å². The summed E-state index contributed by atoms with van der Waals surface area (Å²) < 4.78 is 0. The van der Waals surface area contributed by atoms with Gasteiger partial charge in [-0.2, -0.15) is 0 Å². The van der Waals surface area contributed by atoms with Crippen LogP contribution in [-0.2, 0) is 0 Å². The average Bonchev–Trinajstić information content (AvgIpc) is 2.64. The lowest BCUT2D eigenvalue weighted by Gasteiger charge is -2.10. The minimum atomic E-state index is -0.390. The Morgan fingerprint density at radius 3 is 2.40 bits per heavy atom. The summed E-state index contributed by atoms with van der Waals surface area (Å²) in [6.45, 7) is 0. The molecule has 2 N–H and O–H groups in total. The Morgan fingerprint density at radius 2 is 1.64 bits per heavy atom. The summed E-state index contributed by atoms with van der Waals surface area (Å²) >= 11 is 5.95. The predicted octanol–water partition coefficient (Wildman–Crippen LogP) is 2.99. The zero-order chi connectivity index (χ0) is 17.4. The van der Waals surface area contributed by atoms with Gasteiger partial charge in [0.25, 0.3) is 5.56 Å². The molecule has 0 aliphatic heterocycles. The van der Waals surface area contributed by atoms with Gasteiger partial charge >= 0.3 is 0 Å². The van der Waals surface area contributed by atoms with Gasteiger partial charge in [0.2, 0.25) is 5.43 Å². The highest BCUT2D eigenvalue weighted by Gasteiger charge is 2.15. The van der Waals surface area contributed by atoms with Crippen molar-refractivity contribution in [3.8, 4) is 22.5 Å². The van der Waals surface area contributed by atoms with Gasteiger partial charge in [0.15, 0.2) is 11.2 Å². The van der Waals surface area contributed by atoms with Crippen LogP contribution >= 0.6 is 11.6 Å². The van der Waals surface area contributed by atoms with Crippen LogP contribution in [0.25, 0.3) is 33.7 Å². The third-order valence-corrected chi connectivity index (χ3v) is 4.04. The molecule has 4 rings (SSSR count). The Morgan fingerprint density at radius 1 is 0.880 bits per heavy atom. The van der Waals surface area contributed by atoms with Crippen LogP contribution in [0.15, 0.2) is 64.4 Å². The molecule has 0 fully saturated rings. The smallest absolute Gasteiger partial charge is 0.266 e. The number of aromatic amines is 2. The molecule has 122 valence electrons. The van der Waals surface area contributed by atoms with Crippen molar-refractivity contribution < 1.29 is 0 Å². The van der Waals surface area contributed by atoms with Crippen molar-refractivity contribution in [2.45, 2.75) is 0 Å². The monoisotopic (exact) mass is 350 g/mol. The molecule has 0 spiro atoms. The molecule has 25 heavy (non-hydrogen) atoms. The molecule has 0 amide bonds. The molecule has 0 radical (unpaired) electrons. The number of aromatic nitrogens is 4. The van der Waals surface area contributed by atoms with E-state index in [0.717, 1.165) is 5.56 Å².